The van der Waals surface area contributed by atoms with E-state index in [9.17, 15) is 4.79 Å². The summed E-state index contributed by atoms with van der Waals surface area (Å²) in [6.07, 6.45) is 2.44. The molecule has 74 valence electrons. The van der Waals surface area contributed by atoms with Crippen LogP contribution in [0.4, 0.5) is 0 Å². The van der Waals surface area contributed by atoms with Gasteiger partial charge in [-0.1, -0.05) is 41.1 Å². The van der Waals surface area contributed by atoms with Crippen molar-refractivity contribution in [2.45, 2.75) is 19.8 Å². The smallest absolute Gasteiger partial charge is 0.167 e. The predicted octanol–water partition coefficient (Wildman–Crippen LogP) is 3.68. The van der Waals surface area contributed by atoms with Crippen LogP contribution in [0.2, 0.25) is 0 Å². The van der Waals surface area contributed by atoms with E-state index in [0.29, 0.717) is 5.92 Å². The molecule has 1 atom stereocenters. The molecule has 14 heavy (non-hydrogen) atoms. The van der Waals surface area contributed by atoms with Crippen LogP contribution in [0, 0.1) is 11.8 Å². The lowest BCUT2D eigenvalue weighted by Crippen LogP contribution is -2.13. The molecule has 1 unspecified atom stereocenters. The predicted molar refractivity (Wildman–Crippen MR) is 60.4 cm³/mol. The average Bonchev–Trinajstić information content (AvgIpc) is 3.00. The van der Waals surface area contributed by atoms with Crippen LogP contribution in [0.3, 0.4) is 0 Å². The van der Waals surface area contributed by atoms with Gasteiger partial charge in [0.05, 0.1) is 0 Å². The number of Topliss-reactive ketones (excluding diaryl/α,β-unsaturated/α-hetero) is 1. The molecule has 0 radical (unpaired) electrons. The van der Waals surface area contributed by atoms with E-state index in [1.54, 1.807) is 0 Å². The molecule has 1 aliphatic rings. The van der Waals surface area contributed by atoms with E-state index in [-0.39, 0.29) is 11.7 Å². The Kier molecular flexibility index (Phi) is 2.73. The van der Waals surface area contributed by atoms with Crippen molar-refractivity contribution in [2.24, 2.45) is 11.8 Å². The summed E-state index contributed by atoms with van der Waals surface area (Å²) in [5.41, 5.74) is 0.826. The van der Waals surface area contributed by atoms with Crippen LogP contribution < -0.4 is 0 Å². The molecule has 1 saturated carbocycles. The van der Waals surface area contributed by atoms with Crippen molar-refractivity contribution in [2.75, 3.05) is 0 Å². The van der Waals surface area contributed by atoms with Crippen LogP contribution >= 0.6 is 15.9 Å². The molecule has 1 aromatic carbocycles. The van der Waals surface area contributed by atoms with Gasteiger partial charge in [0.25, 0.3) is 0 Å². The first kappa shape index (κ1) is 9.91. The van der Waals surface area contributed by atoms with Gasteiger partial charge in [-0.15, -0.1) is 0 Å². The van der Waals surface area contributed by atoms with Crippen molar-refractivity contribution >= 4 is 21.7 Å². The lowest BCUT2D eigenvalue weighted by molar-refractivity contribution is 0.0915. The van der Waals surface area contributed by atoms with Crippen LogP contribution in [-0.2, 0) is 0 Å². The standard InChI is InChI=1S/C12H13BrO/c1-8(9-6-7-9)12(14)10-4-2-3-5-11(10)13/h2-5,8-9H,6-7H2,1H3. The van der Waals surface area contributed by atoms with Crippen molar-refractivity contribution in [3.8, 4) is 0 Å². The molecule has 1 aliphatic carbocycles. The SMILES string of the molecule is CC(C(=O)c1ccccc1Br)C1CC1. The second kappa shape index (κ2) is 3.85. The van der Waals surface area contributed by atoms with Gasteiger partial charge in [0.2, 0.25) is 0 Å². The van der Waals surface area contributed by atoms with Crippen molar-refractivity contribution < 1.29 is 4.79 Å². The Bertz CT molecular complexity index is 355. The van der Waals surface area contributed by atoms with Crippen molar-refractivity contribution in [1.82, 2.24) is 0 Å². The van der Waals surface area contributed by atoms with Gasteiger partial charge in [0, 0.05) is 16.0 Å². The second-order valence-electron chi connectivity index (χ2n) is 3.97. The van der Waals surface area contributed by atoms with Crippen molar-refractivity contribution in [3.63, 3.8) is 0 Å². The number of carbonyl (C=O) groups excluding carboxylic acids is 1. The molecule has 1 aromatic rings. The summed E-state index contributed by atoms with van der Waals surface area (Å²) in [6.45, 7) is 2.04. The molecule has 1 nitrogen and oxygen atoms in total. The van der Waals surface area contributed by atoms with E-state index in [2.05, 4.69) is 15.9 Å². The van der Waals surface area contributed by atoms with Gasteiger partial charge in [0.15, 0.2) is 5.78 Å². The Morgan fingerprint density at radius 2 is 2.07 bits per heavy atom. The number of hydrogen-bond acceptors (Lipinski definition) is 1. The molecule has 1 fully saturated rings. The summed E-state index contributed by atoms with van der Waals surface area (Å²) in [7, 11) is 0. The minimum absolute atomic E-state index is 0.189. The molecule has 0 N–H and O–H groups in total. The quantitative estimate of drug-likeness (QED) is 0.751. The molecule has 0 heterocycles. The maximum Gasteiger partial charge on any atom is 0.167 e. The van der Waals surface area contributed by atoms with E-state index < -0.39 is 0 Å². The fourth-order valence-electron chi connectivity index (χ4n) is 1.72. The monoisotopic (exact) mass is 252 g/mol. The Morgan fingerprint density at radius 1 is 1.43 bits per heavy atom. The normalized spacial score (nSPS) is 17.9. The van der Waals surface area contributed by atoms with E-state index in [0.717, 1.165) is 10.0 Å². The zero-order chi connectivity index (χ0) is 10.1. The number of halogens is 1. The molecular weight excluding hydrogens is 240 g/mol. The maximum atomic E-state index is 12.0. The minimum Gasteiger partial charge on any atom is -0.294 e. The molecular formula is C12H13BrO. The molecule has 2 rings (SSSR count). The topological polar surface area (TPSA) is 17.1 Å². The van der Waals surface area contributed by atoms with E-state index >= 15 is 0 Å². The van der Waals surface area contributed by atoms with Gasteiger partial charge in [-0.3, -0.25) is 4.79 Å². The van der Waals surface area contributed by atoms with E-state index in [4.69, 9.17) is 0 Å². The average molecular weight is 253 g/mol. The summed E-state index contributed by atoms with van der Waals surface area (Å²) in [4.78, 5) is 12.0. The maximum absolute atomic E-state index is 12.0. The summed E-state index contributed by atoms with van der Waals surface area (Å²) < 4.78 is 0.914. The van der Waals surface area contributed by atoms with E-state index in [1.165, 1.54) is 12.8 Å². The Hall–Kier alpha value is -0.630. The Labute approximate surface area is 92.6 Å². The Morgan fingerprint density at radius 3 is 2.64 bits per heavy atom. The van der Waals surface area contributed by atoms with E-state index in [1.807, 2.05) is 31.2 Å². The third-order valence-corrected chi connectivity index (χ3v) is 3.57. The third-order valence-electron chi connectivity index (χ3n) is 2.88. The zero-order valence-electron chi connectivity index (χ0n) is 8.16. The highest BCUT2D eigenvalue weighted by atomic mass is 79.9. The van der Waals surface area contributed by atoms with Crippen LogP contribution in [0.1, 0.15) is 30.1 Å². The first-order chi connectivity index (χ1) is 6.70. The lowest BCUT2D eigenvalue weighted by Gasteiger charge is -2.09. The summed E-state index contributed by atoms with van der Waals surface area (Å²) in [5.74, 6) is 1.10. The fourth-order valence-corrected chi connectivity index (χ4v) is 2.20. The molecule has 0 spiro atoms. The highest BCUT2D eigenvalue weighted by molar-refractivity contribution is 9.10. The first-order valence-corrected chi connectivity index (χ1v) is 5.78. The van der Waals surface area contributed by atoms with Gasteiger partial charge in [-0.25, -0.2) is 0 Å². The minimum atomic E-state index is 0.189. The number of carbonyl (C=O) groups is 1. The summed E-state index contributed by atoms with van der Waals surface area (Å²) in [5, 5.41) is 0. The van der Waals surface area contributed by atoms with Gasteiger partial charge in [-0.2, -0.15) is 0 Å². The van der Waals surface area contributed by atoms with Crippen LogP contribution in [-0.4, -0.2) is 5.78 Å². The number of benzene rings is 1. The Balaban J connectivity index is 2.21. The molecule has 0 aromatic heterocycles. The van der Waals surface area contributed by atoms with Gasteiger partial charge in [0.1, 0.15) is 0 Å². The summed E-state index contributed by atoms with van der Waals surface area (Å²) >= 11 is 3.41. The molecule has 0 bridgehead atoms. The molecule has 0 amide bonds. The second-order valence-corrected chi connectivity index (χ2v) is 4.82. The third kappa shape index (κ3) is 1.90. The number of hydrogen-bond donors (Lipinski definition) is 0. The number of rotatable bonds is 3. The molecule has 0 saturated heterocycles. The van der Waals surface area contributed by atoms with Gasteiger partial charge in [-0.05, 0) is 24.8 Å². The molecule has 0 aliphatic heterocycles. The van der Waals surface area contributed by atoms with Gasteiger partial charge >= 0.3 is 0 Å². The van der Waals surface area contributed by atoms with Crippen LogP contribution in [0.15, 0.2) is 28.7 Å². The summed E-state index contributed by atoms with van der Waals surface area (Å²) in [6, 6.07) is 7.67. The zero-order valence-corrected chi connectivity index (χ0v) is 9.75. The fraction of sp³-hybridized carbons (Fsp3) is 0.417. The van der Waals surface area contributed by atoms with Crippen LogP contribution in [0.5, 0.6) is 0 Å². The molecule has 2 heteroatoms. The van der Waals surface area contributed by atoms with Gasteiger partial charge < -0.3 is 0 Å². The largest absolute Gasteiger partial charge is 0.294 e. The van der Waals surface area contributed by atoms with Crippen LogP contribution in [0.25, 0.3) is 0 Å². The highest BCUT2D eigenvalue weighted by Crippen LogP contribution is 2.38. The lowest BCUT2D eigenvalue weighted by atomic mass is 9.95. The number of ketones is 1. The van der Waals surface area contributed by atoms with Crippen molar-refractivity contribution in [1.29, 1.82) is 0 Å². The van der Waals surface area contributed by atoms with Crippen molar-refractivity contribution in [3.05, 3.63) is 34.3 Å². The first-order valence-electron chi connectivity index (χ1n) is 4.99. The highest BCUT2D eigenvalue weighted by Gasteiger charge is 2.33.